The second kappa shape index (κ2) is 11.4. The molecule has 2 aromatic rings. The summed E-state index contributed by atoms with van der Waals surface area (Å²) in [6, 6.07) is 12.5. The third kappa shape index (κ3) is 5.66. The van der Waals surface area contributed by atoms with E-state index >= 15 is 0 Å². The van der Waals surface area contributed by atoms with Crippen LogP contribution in [0.5, 0.6) is 11.5 Å². The maximum Gasteiger partial charge on any atom is 0.329 e. The van der Waals surface area contributed by atoms with Gasteiger partial charge in [-0.1, -0.05) is 57.2 Å². The molecule has 0 aromatic heterocycles. The number of likely N-dealkylation sites (tertiary alicyclic amines) is 1. The minimum atomic E-state index is -0.828. The first kappa shape index (κ1) is 29.0. The van der Waals surface area contributed by atoms with Gasteiger partial charge in [0, 0.05) is 24.8 Å². The summed E-state index contributed by atoms with van der Waals surface area (Å²) in [5.74, 6) is -0.825. The van der Waals surface area contributed by atoms with Crippen LogP contribution in [-0.2, 0) is 32.0 Å². The van der Waals surface area contributed by atoms with Gasteiger partial charge in [-0.05, 0) is 73.1 Å². The van der Waals surface area contributed by atoms with Gasteiger partial charge in [-0.25, -0.2) is 4.79 Å². The van der Waals surface area contributed by atoms with Crippen molar-refractivity contribution in [2.45, 2.75) is 90.3 Å². The summed E-state index contributed by atoms with van der Waals surface area (Å²) in [7, 11) is 0. The van der Waals surface area contributed by atoms with Gasteiger partial charge in [-0.2, -0.15) is 0 Å². The summed E-state index contributed by atoms with van der Waals surface area (Å²) in [6.45, 7) is 7.25. The van der Waals surface area contributed by atoms with Crippen LogP contribution >= 0.6 is 0 Å². The molecule has 3 N–H and O–H groups in total. The van der Waals surface area contributed by atoms with Gasteiger partial charge in [0.15, 0.2) is 11.5 Å². The number of rotatable bonds is 9. The van der Waals surface area contributed by atoms with Crippen LogP contribution in [0.25, 0.3) is 0 Å². The molecule has 2 amide bonds. The molecule has 1 aliphatic heterocycles. The normalized spacial score (nSPS) is 27.0. The number of carbonyl (C=O) groups excluding carboxylic acids is 3. The number of amides is 2. The van der Waals surface area contributed by atoms with Gasteiger partial charge in [0.25, 0.3) is 0 Å². The predicted molar refractivity (Wildman–Crippen MR) is 154 cm³/mol. The summed E-state index contributed by atoms with van der Waals surface area (Å²) in [5, 5.41) is 22.2. The fraction of sp³-hybridized carbons (Fsp3) is 0.545. The third-order valence-corrected chi connectivity index (χ3v) is 10.4. The van der Waals surface area contributed by atoms with Crippen LogP contribution in [0, 0.1) is 16.7 Å². The first-order chi connectivity index (χ1) is 19.5. The monoisotopic (exact) mass is 562 g/mol. The van der Waals surface area contributed by atoms with Gasteiger partial charge < -0.3 is 25.2 Å². The van der Waals surface area contributed by atoms with E-state index in [1.807, 2.05) is 30.3 Å². The van der Waals surface area contributed by atoms with Gasteiger partial charge in [0.1, 0.15) is 18.2 Å². The molecule has 8 heteroatoms. The van der Waals surface area contributed by atoms with E-state index in [-0.39, 0.29) is 52.6 Å². The highest BCUT2D eigenvalue weighted by atomic mass is 16.5. The van der Waals surface area contributed by atoms with Gasteiger partial charge in [0.05, 0.1) is 0 Å². The number of aryl methyl sites for hydroxylation is 1. The van der Waals surface area contributed by atoms with E-state index in [0.29, 0.717) is 43.7 Å². The number of nitrogens with zero attached hydrogens (tertiary/aromatic N) is 1. The second-order valence-electron chi connectivity index (χ2n) is 12.9. The second-order valence-corrected chi connectivity index (χ2v) is 12.9. The molecular weight excluding hydrogens is 520 g/mol. The molecule has 8 nitrogen and oxygen atoms in total. The Balaban J connectivity index is 1.27. The number of fused-ring (bicyclic) bond motifs is 2. The molecule has 2 aliphatic carbocycles. The standard InChI is InChI=1S/C33H42N2O6/c1-32(2)23-15-16-33(32,3)28(20-23)41-31(40)25-10-7-17-35(25)30(39)24(18-21-8-5-4-6-9-21)34-29(38)14-12-22-11-13-26(36)27(37)19-22/h4-6,8-9,11,13,19,23-25,28,36-37H,7,10,12,14-18,20H2,1-3H3,(H,34,38)/t23?,24-,25-,28?,33?/m0/s1. The number of ether oxygens (including phenoxy) is 1. The summed E-state index contributed by atoms with van der Waals surface area (Å²) in [6.07, 6.45) is 4.95. The zero-order valence-corrected chi connectivity index (χ0v) is 24.3. The molecule has 41 heavy (non-hydrogen) atoms. The average Bonchev–Trinajstić information content (AvgIpc) is 3.57. The van der Waals surface area contributed by atoms with E-state index in [9.17, 15) is 24.6 Å². The maximum absolute atomic E-state index is 13.9. The Labute approximate surface area is 242 Å². The molecule has 1 saturated heterocycles. The highest BCUT2D eigenvalue weighted by Gasteiger charge is 2.63. The number of esters is 1. The number of carbonyl (C=O) groups is 3. The number of hydrogen-bond acceptors (Lipinski definition) is 6. The van der Waals surface area contributed by atoms with Gasteiger partial charge in [0.2, 0.25) is 11.8 Å². The molecule has 2 aromatic carbocycles. The lowest BCUT2D eigenvalue weighted by Gasteiger charge is -2.39. The molecule has 0 radical (unpaired) electrons. The number of phenolic OH excluding ortho intramolecular Hbond substituents is 2. The van der Waals surface area contributed by atoms with Crippen molar-refractivity contribution in [2.75, 3.05) is 6.54 Å². The smallest absolute Gasteiger partial charge is 0.329 e. The van der Waals surface area contributed by atoms with Crippen molar-refractivity contribution in [1.29, 1.82) is 0 Å². The SMILES string of the molecule is CC1(C)C2CCC1(C)C(OC(=O)[C@@H]1CCCN1C(=O)[C@H](Cc1ccccc1)NC(=O)CCc1ccc(O)c(O)c1)C2. The predicted octanol–water partition coefficient (Wildman–Crippen LogP) is 4.51. The van der Waals surface area contributed by atoms with Crippen molar-refractivity contribution in [3.63, 3.8) is 0 Å². The van der Waals surface area contributed by atoms with E-state index in [4.69, 9.17) is 4.74 Å². The molecule has 5 rings (SSSR count). The van der Waals surface area contributed by atoms with Crippen molar-refractivity contribution in [3.05, 3.63) is 59.7 Å². The van der Waals surface area contributed by atoms with E-state index in [1.165, 1.54) is 18.6 Å². The van der Waals surface area contributed by atoms with E-state index in [2.05, 4.69) is 26.1 Å². The van der Waals surface area contributed by atoms with Crippen LogP contribution in [0.15, 0.2) is 48.5 Å². The molecule has 3 aliphatic rings. The number of aromatic hydroxyl groups is 2. The first-order valence-corrected chi connectivity index (χ1v) is 14.8. The van der Waals surface area contributed by atoms with Crippen LogP contribution in [-0.4, -0.2) is 57.6 Å². The Morgan fingerprint density at radius 3 is 2.44 bits per heavy atom. The average molecular weight is 563 g/mol. The van der Waals surface area contributed by atoms with Crippen molar-refractivity contribution in [1.82, 2.24) is 10.2 Å². The Morgan fingerprint density at radius 1 is 1.02 bits per heavy atom. The fourth-order valence-electron chi connectivity index (χ4n) is 7.30. The van der Waals surface area contributed by atoms with E-state index < -0.39 is 12.1 Å². The highest BCUT2D eigenvalue weighted by molar-refractivity contribution is 5.91. The summed E-state index contributed by atoms with van der Waals surface area (Å²) < 4.78 is 6.17. The Hall–Kier alpha value is -3.55. The summed E-state index contributed by atoms with van der Waals surface area (Å²) >= 11 is 0. The van der Waals surface area contributed by atoms with Crippen molar-refractivity contribution < 1.29 is 29.3 Å². The van der Waals surface area contributed by atoms with E-state index in [0.717, 1.165) is 18.4 Å². The van der Waals surface area contributed by atoms with E-state index in [1.54, 1.807) is 11.0 Å². The number of benzene rings is 2. The van der Waals surface area contributed by atoms with Crippen molar-refractivity contribution >= 4 is 17.8 Å². The maximum atomic E-state index is 13.9. The lowest BCUT2D eigenvalue weighted by Crippen LogP contribution is -2.53. The molecule has 1 heterocycles. The van der Waals surface area contributed by atoms with Gasteiger partial charge in [-0.15, -0.1) is 0 Å². The lowest BCUT2D eigenvalue weighted by molar-refractivity contribution is -0.165. The molecule has 3 unspecified atom stereocenters. The Morgan fingerprint density at radius 2 is 1.78 bits per heavy atom. The molecule has 0 spiro atoms. The van der Waals surface area contributed by atoms with Crippen LogP contribution in [0.4, 0.5) is 0 Å². The molecule has 5 atom stereocenters. The fourth-order valence-corrected chi connectivity index (χ4v) is 7.30. The highest BCUT2D eigenvalue weighted by Crippen LogP contribution is 2.66. The summed E-state index contributed by atoms with van der Waals surface area (Å²) in [4.78, 5) is 42.1. The van der Waals surface area contributed by atoms with Crippen LogP contribution in [0.3, 0.4) is 0 Å². The topological polar surface area (TPSA) is 116 Å². The minimum Gasteiger partial charge on any atom is -0.504 e. The number of hydrogen-bond donors (Lipinski definition) is 3. The van der Waals surface area contributed by atoms with Gasteiger partial charge >= 0.3 is 5.97 Å². The Bertz CT molecular complexity index is 1290. The zero-order valence-electron chi connectivity index (χ0n) is 24.3. The molecular formula is C33H42N2O6. The zero-order chi connectivity index (χ0) is 29.4. The molecule has 220 valence electrons. The number of phenols is 2. The quantitative estimate of drug-likeness (QED) is 0.306. The lowest BCUT2D eigenvalue weighted by atomic mass is 9.70. The van der Waals surface area contributed by atoms with Crippen LogP contribution in [0.2, 0.25) is 0 Å². The third-order valence-electron chi connectivity index (χ3n) is 10.4. The summed E-state index contributed by atoms with van der Waals surface area (Å²) in [5.41, 5.74) is 1.66. The molecule has 2 bridgehead atoms. The van der Waals surface area contributed by atoms with Crippen molar-refractivity contribution in [2.24, 2.45) is 16.7 Å². The first-order valence-electron chi connectivity index (χ1n) is 14.8. The largest absolute Gasteiger partial charge is 0.504 e. The van der Waals surface area contributed by atoms with Gasteiger partial charge in [-0.3, -0.25) is 9.59 Å². The number of nitrogens with one attached hydrogen (secondary N) is 1. The molecule has 2 saturated carbocycles. The molecule has 3 fully saturated rings. The van der Waals surface area contributed by atoms with Crippen molar-refractivity contribution in [3.8, 4) is 11.5 Å². The van der Waals surface area contributed by atoms with Crippen LogP contribution < -0.4 is 5.32 Å². The Kier molecular flexibility index (Phi) is 8.04. The van der Waals surface area contributed by atoms with Crippen LogP contribution in [0.1, 0.15) is 70.4 Å². The minimum absolute atomic E-state index is 0.0567.